The molecule has 0 spiro atoms. The van der Waals surface area contributed by atoms with Gasteiger partial charge in [0.2, 0.25) is 6.34 Å². The largest absolute Gasteiger partial charge is 0.299 e. The molecule has 0 atom stereocenters. The lowest BCUT2D eigenvalue weighted by molar-refractivity contribution is -0.428. The molecule has 2 aliphatic heterocycles. The highest BCUT2D eigenvalue weighted by molar-refractivity contribution is 6.07. The number of aliphatic imine (C=N–C) groups is 1. The summed E-state index contributed by atoms with van der Waals surface area (Å²) in [5, 5.41) is 0. The molecule has 0 radical (unpaired) electrons. The van der Waals surface area contributed by atoms with Crippen LogP contribution < -0.4 is 0 Å². The van der Waals surface area contributed by atoms with Crippen molar-refractivity contribution in [3.05, 3.63) is 47.0 Å². The second-order valence-electron chi connectivity index (χ2n) is 5.05. The van der Waals surface area contributed by atoms with Crippen LogP contribution in [-0.2, 0) is 13.0 Å². The molecule has 0 N–H and O–H groups in total. The van der Waals surface area contributed by atoms with Gasteiger partial charge in [-0.05, 0) is 31.0 Å². The molecule has 0 unspecified atom stereocenters. The van der Waals surface area contributed by atoms with Gasteiger partial charge in [0.25, 0.3) is 5.84 Å². The van der Waals surface area contributed by atoms with Gasteiger partial charge in [-0.25, -0.2) is 9.56 Å². The number of aryl methyl sites for hydroxylation is 2. The topological polar surface area (TPSA) is 33.2 Å². The van der Waals surface area contributed by atoms with Crippen molar-refractivity contribution in [2.75, 3.05) is 0 Å². The van der Waals surface area contributed by atoms with E-state index in [0.29, 0.717) is 0 Å². The molecule has 4 heteroatoms. The Labute approximate surface area is 111 Å². The monoisotopic (exact) mass is 251 g/mol. The molecule has 4 rings (SSSR count). The Balaban J connectivity index is 2.03. The summed E-state index contributed by atoms with van der Waals surface area (Å²) in [6.07, 6.45) is 4.86. The zero-order chi connectivity index (χ0) is 13.0. The number of imidazole rings is 1. The summed E-state index contributed by atoms with van der Waals surface area (Å²) in [5.74, 6) is 1.08. The number of amidine groups is 1. The van der Waals surface area contributed by atoms with E-state index in [4.69, 9.17) is 0 Å². The van der Waals surface area contributed by atoms with Crippen LogP contribution in [-0.4, -0.2) is 26.3 Å². The lowest BCUT2D eigenvalue weighted by Gasteiger charge is -2.11. The first-order chi connectivity index (χ1) is 9.28. The Bertz CT molecular complexity index is 750. The molecule has 0 aliphatic carbocycles. The third-order valence-electron chi connectivity index (χ3n) is 3.96. The van der Waals surface area contributed by atoms with Gasteiger partial charge in [0.15, 0.2) is 0 Å². The SMILES string of the molecule is CCc1ccc2c(c1)C1=[N+](C=N1)Cc1c(C)ncn1-2. The molecule has 3 heterocycles. The maximum atomic E-state index is 4.45. The normalized spacial score (nSPS) is 15.5. The Morgan fingerprint density at radius 2 is 2.26 bits per heavy atom. The van der Waals surface area contributed by atoms with Crippen molar-refractivity contribution in [3.8, 4) is 5.69 Å². The van der Waals surface area contributed by atoms with Crippen LogP contribution in [0.1, 0.15) is 29.4 Å². The lowest BCUT2D eigenvalue weighted by Crippen LogP contribution is -2.27. The zero-order valence-corrected chi connectivity index (χ0v) is 11.1. The summed E-state index contributed by atoms with van der Waals surface area (Å²) in [5.41, 5.74) is 6.06. The maximum Gasteiger partial charge on any atom is 0.275 e. The molecule has 0 fully saturated rings. The van der Waals surface area contributed by atoms with Crippen LogP contribution in [0.25, 0.3) is 5.69 Å². The lowest BCUT2D eigenvalue weighted by atomic mass is 10.1. The Morgan fingerprint density at radius 3 is 3.00 bits per heavy atom. The molecular formula is C15H15N4+. The second kappa shape index (κ2) is 3.63. The third kappa shape index (κ3) is 1.37. The van der Waals surface area contributed by atoms with Crippen molar-refractivity contribution in [3.63, 3.8) is 0 Å². The first-order valence-corrected chi connectivity index (χ1v) is 6.62. The van der Waals surface area contributed by atoms with Crippen LogP contribution >= 0.6 is 0 Å². The van der Waals surface area contributed by atoms with E-state index in [9.17, 15) is 0 Å². The molecule has 2 aliphatic rings. The van der Waals surface area contributed by atoms with E-state index in [0.717, 1.165) is 24.5 Å². The van der Waals surface area contributed by atoms with Gasteiger partial charge in [-0.2, -0.15) is 0 Å². The summed E-state index contributed by atoms with van der Waals surface area (Å²) in [6.45, 7) is 5.09. The molecule has 2 aromatic rings. The van der Waals surface area contributed by atoms with Gasteiger partial charge in [-0.3, -0.25) is 4.57 Å². The highest BCUT2D eigenvalue weighted by Gasteiger charge is 2.29. The predicted molar refractivity (Wildman–Crippen MR) is 74.2 cm³/mol. The van der Waals surface area contributed by atoms with Crippen LogP contribution in [0.3, 0.4) is 0 Å². The first-order valence-electron chi connectivity index (χ1n) is 6.62. The molecule has 0 saturated heterocycles. The minimum Gasteiger partial charge on any atom is -0.299 e. The maximum absolute atomic E-state index is 4.45. The van der Waals surface area contributed by atoms with Gasteiger partial charge < -0.3 is 0 Å². The van der Waals surface area contributed by atoms with Crippen LogP contribution in [0.4, 0.5) is 0 Å². The van der Waals surface area contributed by atoms with Gasteiger partial charge >= 0.3 is 0 Å². The highest BCUT2D eigenvalue weighted by Crippen LogP contribution is 2.26. The molecule has 94 valence electrons. The number of aromatic nitrogens is 2. The van der Waals surface area contributed by atoms with E-state index < -0.39 is 0 Å². The van der Waals surface area contributed by atoms with Crippen molar-refractivity contribution < 1.29 is 4.58 Å². The minimum atomic E-state index is 0.848. The molecular weight excluding hydrogens is 236 g/mol. The van der Waals surface area contributed by atoms with Crippen molar-refractivity contribution in [2.45, 2.75) is 26.8 Å². The Morgan fingerprint density at radius 1 is 1.37 bits per heavy atom. The second-order valence-corrected chi connectivity index (χ2v) is 5.05. The molecule has 0 amide bonds. The van der Waals surface area contributed by atoms with Crippen LogP contribution in [0.2, 0.25) is 0 Å². The fourth-order valence-corrected chi connectivity index (χ4v) is 2.75. The van der Waals surface area contributed by atoms with E-state index in [1.807, 2.05) is 12.7 Å². The summed E-state index contributed by atoms with van der Waals surface area (Å²) in [7, 11) is 0. The van der Waals surface area contributed by atoms with Gasteiger partial charge in [-0.1, -0.05) is 18.0 Å². The van der Waals surface area contributed by atoms with Crippen molar-refractivity contribution >= 4 is 12.2 Å². The smallest absolute Gasteiger partial charge is 0.275 e. The zero-order valence-electron chi connectivity index (χ0n) is 11.1. The molecule has 0 saturated carbocycles. The summed E-state index contributed by atoms with van der Waals surface area (Å²) < 4.78 is 4.39. The van der Waals surface area contributed by atoms with Gasteiger partial charge in [0.05, 0.1) is 29.0 Å². The van der Waals surface area contributed by atoms with E-state index in [1.165, 1.54) is 22.5 Å². The van der Waals surface area contributed by atoms with E-state index in [2.05, 4.69) is 51.2 Å². The number of hydrogen-bond acceptors (Lipinski definition) is 2. The number of rotatable bonds is 1. The van der Waals surface area contributed by atoms with E-state index in [1.54, 1.807) is 0 Å². The molecule has 1 aromatic carbocycles. The van der Waals surface area contributed by atoms with Gasteiger partial charge in [0, 0.05) is 0 Å². The van der Waals surface area contributed by atoms with E-state index >= 15 is 0 Å². The van der Waals surface area contributed by atoms with Gasteiger partial charge in [-0.15, -0.1) is 0 Å². The van der Waals surface area contributed by atoms with Crippen LogP contribution in [0.5, 0.6) is 0 Å². The number of fused-ring (bicyclic) bond motifs is 4. The quantitative estimate of drug-likeness (QED) is 0.714. The van der Waals surface area contributed by atoms with Crippen LogP contribution in [0.15, 0.2) is 29.5 Å². The summed E-state index contributed by atoms with van der Waals surface area (Å²) in [4.78, 5) is 8.89. The van der Waals surface area contributed by atoms with Crippen molar-refractivity contribution in [1.29, 1.82) is 0 Å². The summed E-state index contributed by atoms with van der Waals surface area (Å²) in [6, 6.07) is 6.62. The molecule has 19 heavy (non-hydrogen) atoms. The summed E-state index contributed by atoms with van der Waals surface area (Å²) >= 11 is 0. The van der Waals surface area contributed by atoms with Crippen LogP contribution in [0, 0.1) is 6.92 Å². The van der Waals surface area contributed by atoms with Crippen molar-refractivity contribution in [1.82, 2.24) is 9.55 Å². The number of nitrogens with zero attached hydrogens (tertiary/aromatic N) is 4. The first kappa shape index (κ1) is 10.7. The number of hydrogen-bond donors (Lipinski definition) is 0. The van der Waals surface area contributed by atoms with Crippen molar-refractivity contribution in [2.24, 2.45) is 4.99 Å². The van der Waals surface area contributed by atoms with Gasteiger partial charge in [0.1, 0.15) is 6.54 Å². The minimum absolute atomic E-state index is 0.848. The fourth-order valence-electron chi connectivity index (χ4n) is 2.75. The highest BCUT2D eigenvalue weighted by atomic mass is 15.2. The Kier molecular flexibility index (Phi) is 2.04. The molecule has 4 nitrogen and oxygen atoms in total. The Hall–Kier alpha value is -2.23. The van der Waals surface area contributed by atoms with E-state index in [-0.39, 0.29) is 0 Å². The fraction of sp³-hybridized carbons (Fsp3) is 0.267. The third-order valence-corrected chi connectivity index (χ3v) is 3.96. The standard InChI is InChI=1S/C15H15N4/c1-3-11-4-5-13-12(6-11)15-17-8-18(15)7-14-10(2)16-9-19(13)14/h4-6,8-9H,3,7H2,1-2H3/q+1. The predicted octanol–water partition coefficient (Wildman–Crippen LogP) is 2.06. The average molecular weight is 251 g/mol. The molecule has 1 aromatic heterocycles. The number of benzene rings is 1. The molecule has 0 bridgehead atoms. The average Bonchev–Trinajstić information content (AvgIpc) is 2.71.